The number of carbonyl (C=O) groups is 1. The van der Waals surface area contributed by atoms with Crippen molar-refractivity contribution in [3.63, 3.8) is 0 Å². The zero-order valence-electron chi connectivity index (χ0n) is 24.6. The summed E-state index contributed by atoms with van der Waals surface area (Å²) in [6.07, 6.45) is 3.91. The van der Waals surface area contributed by atoms with Gasteiger partial charge in [-0.1, -0.05) is 19.1 Å². The second-order valence-electron chi connectivity index (χ2n) is 11.9. The van der Waals surface area contributed by atoms with Crippen LogP contribution in [0.5, 0.6) is 0 Å². The van der Waals surface area contributed by atoms with Gasteiger partial charge in [-0.05, 0) is 88.1 Å². The molecule has 41 heavy (non-hydrogen) atoms. The summed E-state index contributed by atoms with van der Waals surface area (Å²) >= 11 is 0. The van der Waals surface area contributed by atoms with Gasteiger partial charge in [0.1, 0.15) is 24.1 Å². The van der Waals surface area contributed by atoms with Gasteiger partial charge in [0.2, 0.25) is 5.95 Å². The highest BCUT2D eigenvalue weighted by Crippen LogP contribution is 2.43. The van der Waals surface area contributed by atoms with Gasteiger partial charge in [0.05, 0.1) is 12.6 Å². The Hall–Kier alpha value is -3.76. The third kappa shape index (κ3) is 5.22. The second-order valence-corrected chi connectivity index (χ2v) is 11.9. The van der Waals surface area contributed by atoms with Crippen LogP contribution in [0.25, 0.3) is 0 Å². The summed E-state index contributed by atoms with van der Waals surface area (Å²) in [5.74, 6) is 3.18. The number of methoxy groups -OCH3 is 1. The number of hydrogen-bond donors (Lipinski definition) is 1. The number of rotatable bonds is 7. The fourth-order valence-corrected chi connectivity index (χ4v) is 6.40. The number of benzene rings is 1. The standard InChI is InChI=1S/C31H39N7O3/c1-20-15-23(9-10-24(20)22-11-13-36(4)14-12-22)33-29-32-16-25-28(35-29)37(18-31(25,3)19-40-5)26-7-6-8-27(34-26)38-21(2)17-41-30(38)39/h6-10,15-16,21-22H,11-14,17-19H2,1-5H3,(H,32,33,35)/t21-,31?/m0/s1. The van der Waals surface area contributed by atoms with Crippen molar-refractivity contribution in [2.24, 2.45) is 0 Å². The van der Waals surface area contributed by atoms with Crippen molar-refractivity contribution in [2.75, 3.05) is 62.1 Å². The molecule has 0 spiro atoms. The van der Waals surface area contributed by atoms with Crippen LogP contribution in [0.2, 0.25) is 0 Å². The summed E-state index contributed by atoms with van der Waals surface area (Å²) in [5, 5.41) is 3.43. The second kappa shape index (κ2) is 10.9. The van der Waals surface area contributed by atoms with Crippen LogP contribution < -0.4 is 15.1 Å². The number of fused-ring (bicyclic) bond motifs is 1. The highest BCUT2D eigenvalue weighted by atomic mass is 16.6. The van der Waals surface area contributed by atoms with E-state index < -0.39 is 0 Å². The van der Waals surface area contributed by atoms with Crippen molar-refractivity contribution in [2.45, 2.75) is 51.0 Å². The number of amides is 1. The molecule has 3 aliphatic rings. The molecular weight excluding hydrogens is 518 g/mol. The number of carbonyl (C=O) groups excluding carboxylic acids is 1. The van der Waals surface area contributed by atoms with E-state index in [1.54, 1.807) is 12.0 Å². The van der Waals surface area contributed by atoms with Crippen LogP contribution in [0.4, 0.5) is 33.9 Å². The Balaban J connectivity index is 1.29. The van der Waals surface area contributed by atoms with Crippen LogP contribution >= 0.6 is 0 Å². The molecule has 0 aliphatic carbocycles. The first-order chi connectivity index (χ1) is 19.8. The molecule has 0 bridgehead atoms. The fraction of sp³-hybridized carbons (Fsp3) is 0.484. The number of ether oxygens (including phenoxy) is 2. The van der Waals surface area contributed by atoms with E-state index in [9.17, 15) is 4.79 Å². The molecule has 1 aromatic carbocycles. The highest BCUT2D eigenvalue weighted by Gasteiger charge is 2.42. The molecule has 2 saturated heterocycles. The third-order valence-electron chi connectivity index (χ3n) is 8.66. The first-order valence-electron chi connectivity index (χ1n) is 14.4. The Morgan fingerprint density at radius 1 is 1.15 bits per heavy atom. The number of cyclic esters (lactones) is 1. The molecule has 1 amide bonds. The molecular formula is C31H39N7O3. The maximum Gasteiger partial charge on any atom is 0.415 e. The van der Waals surface area contributed by atoms with E-state index in [-0.39, 0.29) is 17.6 Å². The molecule has 3 aliphatic heterocycles. The number of hydrogen-bond acceptors (Lipinski definition) is 9. The molecule has 2 fully saturated rings. The molecule has 3 aromatic rings. The number of aryl methyl sites for hydroxylation is 1. The lowest BCUT2D eigenvalue weighted by molar-refractivity contribution is 0.145. The Kier molecular flexibility index (Phi) is 7.29. The van der Waals surface area contributed by atoms with Crippen LogP contribution in [0.15, 0.2) is 42.6 Å². The molecule has 5 heterocycles. The topological polar surface area (TPSA) is 96.0 Å². The SMILES string of the molecule is COCC1(C)CN(c2cccc(N3C(=O)OC[C@@H]3C)n2)c2nc(Nc3ccc(C4CCN(C)CC4)c(C)c3)ncc21. The molecule has 2 aromatic heterocycles. The monoisotopic (exact) mass is 557 g/mol. The molecule has 10 heteroatoms. The minimum Gasteiger partial charge on any atom is -0.447 e. The molecule has 2 atom stereocenters. The summed E-state index contributed by atoms with van der Waals surface area (Å²) < 4.78 is 10.9. The lowest BCUT2D eigenvalue weighted by Crippen LogP contribution is -2.34. The minimum atomic E-state index is -0.376. The average molecular weight is 558 g/mol. The summed E-state index contributed by atoms with van der Waals surface area (Å²) in [6.45, 7) is 10.1. The number of aromatic nitrogens is 3. The van der Waals surface area contributed by atoms with Crippen LogP contribution in [0.3, 0.4) is 0 Å². The van der Waals surface area contributed by atoms with Gasteiger partial charge in [0.25, 0.3) is 0 Å². The quantitative estimate of drug-likeness (QED) is 0.424. The van der Waals surface area contributed by atoms with Crippen molar-refractivity contribution < 1.29 is 14.3 Å². The van der Waals surface area contributed by atoms with Gasteiger partial charge in [-0.15, -0.1) is 0 Å². The number of anilines is 5. The van der Waals surface area contributed by atoms with Gasteiger partial charge >= 0.3 is 6.09 Å². The summed E-state index contributed by atoms with van der Waals surface area (Å²) in [6, 6.07) is 12.2. The lowest BCUT2D eigenvalue weighted by atomic mass is 9.87. The summed E-state index contributed by atoms with van der Waals surface area (Å²) in [4.78, 5) is 33.0. The summed E-state index contributed by atoms with van der Waals surface area (Å²) in [7, 11) is 3.91. The van der Waals surface area contributed by atoms with Crippen LogP contribution in [0.1, 0.15) is 49.3 Å². The molecule has 1 unspecified atom stereocenters. The minimum absolute atomic E-state index is 0.0812. The van der Waals surface area contributed by atoms with Gasteiger partial charge in [-0.25, -0.2) is 14.8 Å². The third-order valence-corrected chi connectivity index (χ3v) is 8.66. The highest BCUT2D eigenvalue weighted by molar-refractivity contribution is 5.89. The predicted molar refractivity (Wildman–Crippen MR) is 160 cm³/mol. The summed E-state index contributed by atoms with van der Waals surface area (Å²) in [5.41, 5.74) is 4.36. The molecule has 0 saturated carbocycles. The maximum absolute atomic E-state index is 12.4. The predicted octanol–water partition coefficient (Wildman–Crippen LogP) is 5.13. The lowest BCUT2D eigenvalue weighted by Gasteiger charge is -2.30. The van der Waals surface area contributed by atoms with Crippen LogP contribution in [-0.4, -0.2) is 79.0 Å². The fourth-order valence-electron chi connectivity index (χ4n) is 6.40. The zero-order valence-corrected chi connectivity index (χ0v) is 24.6. The van der Waals surface area contributed by atoms with E-state index in [0.29, 0.717) is 43.3 Å². The van der Waals surface area contributed by atoms with E-state index in [2.05, 4.69) is 54.2 Å². The van der Waals surface area contributed by atoms with E-state index >= 15 is 0 Å². The van der Waals surface area contributed by atoms with Gasteiger partial charge in [0.15, 0.2) is 0 Å². The van der Waals surface area contributed by atoms with Gasteiger partial charge in [-0.3, -0.25) is 4.90 Å². The van der Waals surface area contributed by atoms with E-state index in [1.807, 2.05) is 31.3 Å². The maximum atomic E-state index is 12.4. The van der Waals surface area contributed by atoms with Crippen LogP contribution in [0, 0.1) is 6.92 Å². The number of nitrogens with one attached hydrogen (secondary N) is 1. The largest absolute Gasteiger partial charge is 0.447 e. The number of likely N-dealkylation sites (tertiary alicyclic amines) is 1. The number of pyridine rings is 1. The first-order valence-corrected chi connectivity index (χ1v) is 14.4. The molecule has 10 nitrogen and oxygen atoms in total. The smallest absolute Gasteiger partial charge is 0.415 e. The molecule has 6 rings (SSSR count). The van der Waals surface area contributed by atoms with Crippen molar-refractivity contribution in [1.82, 2.24) is 19.9 Å². The van der Waals surface area contributed by atoms with Crippen molar-refractivity contribution in [1.29, 1.82) is 0 Å². The normalized spacial score (nSPS) is 23.1. The van der Waals surface area contributed by atoms with Gasteiger partial charge in [-0.2, -0.15) is 4.98 Å². The Bertz CT molecular complexity index is 1440. The zero-order chi connectivity index (χ0) is 28.7. The van der Waals surface area contributed by atoms with Gasteiger partial charge < -0.3 is 24.6 Å². The number of nitrogens with zero attached hydrogens (tertiary/aromatic N) is 6. The van der Waals surface area contributed by atoms with Crippen molar-refractivity contribution in [3.8, 4) is 0 Å². The first kappa shape index (κ1) is 27.4. The number of piperidine rings is 1. The average Bonchev–Trinajstić information content (AvgIpc) is 3.44. The Labute approximate surface area is 241 Å². The molecule has 1 N–H and O–H groups in total. The van der Waals surface area contributed by atoms with E-state index in [0.717, 1.165) is 30.2 Å². The molecule has 0 radical (unpaired) electrons. The van der Waals surface area contributed by atoms with Gasteiger partial charge in [0, 0.05) is 36.5 Å². The Morgan fingerprint density at radius 3 is 2.63 bits per heavy atom. The van der Waals surface area contributed by atoms with Crippen molar-refractivity contribution >= 4 is 35.2 Å². The van der Waals surface area contributed by atoms with Crippen molar-refractivity contribution in [3.05, 3.63) is 59.3 Å². The van der Waals surface area contributed by atoms with Crippen LogP contribution in [-0.2, 0) is 14.9 Å². The molecule has 216 valence electrons. The van der Waals surface area contributed by atoms with E-state index in [1.165, 1.54) is 24.0 Å². The van der Waals surface area contributed by atoms with E-state index in [4.69, 9.17) is 24.4 Å². The Morgan fingerprint density at radius 2 is 1.93 bits per heavy atom.